The molecule has 6 heteroatoms. The van der Waals surface area contributed by atoms with Crippen LogP contribution in [0.25, 0.3) is 0 Å². The molecule has 3 saturated heterocycles. The molecule has 3 aliphatic heterocycles. The molecule has 23 heavy (non-hydrogen) atoms. The lowest BCUT2D eigenvalue weighted by molar-refractivity contribution is -0.143. The number of carbonyl (C=O) groups excluding carboxylic acids is 2. The van der Waals surface area contributed by atoms with E-state index in [4.69, 9.17) is 0 Å². The van der Waals surface area contributed by atoms with Gasteiger partial charge in [-0.1, -0.05) is 13.8 Å². The van der Waals surface area contributed by atoms with Gasteiger partial charge in [0, 0.05) is 32.2 Å². The van der Waals surface area contributed by atoms with Crippen LogP contribution in [0.4, 0.5) is 0 Å². The number of nitrogens with zero attached hydrogens (tertiary/aromatic N) is 2. The van der Waals surface area contributed by atoms with Crippen LogP contribution < -0.4 is 10.6 Å². The number of hydrogen-bond donors (Lipinski definition) is 2. The molecular weight excluding hydrogens is 292 g/mol. The first-order chi connectivity index (χ1) is 11.0. The van der Waals surface area contributed by atoms with Gasteiger partial charge in [-0.25, -0.2) is 0 Å². The van der Waals surface area contributed by atoms with Crippen LogP contribution >= 0.6 is 0 Å². The first-order valence-corrected chi connectivity index (χ1v) is 9.01. The summed E-state index contributed by atoms with van der Waals surface area (Å²) in [6.07, 6.45) is 4.22. The van der Waals surface area contributed by atoms with Gasteiger partial charge in [0.2, 0.25) is 11.8 Å². The van der Waals surface area contributed by atoms with Crippen molar-refractivity contribution in [2.24, 2.45) is 5.41 Å². The third-order valence-electron chi connectivity index (χ3n) is 5.65. The predicted molar refractivity (Wildman–Crippen MR) is 89.0 cm³/mol. The predicted octanol–water partition coefficient (Wildman–Crippen LogP) is 0.187. The Kier molecular flexibility index (Phi) is 4.92. The molecule has 130 valence electrons. The third kappa shape index (κ3) is 3.53. The maximum atomic E-state index is 13.0. The Hall–Kier alpha value is -1.14. The summed E-state index contributed by atoms with van der Waals surface area (Å²) in [5.41, 5.74) is 0.00708. The molecule has 0 spiro atoms. The standard InChI is InChI=1S/C17H30N4O2/c1-17(2)6-4-7-19-15(17)16(23)20-9-3-5-13(12-20)21-10-8-18-11-14(21)22/h13,15,18-19H,3-12H2,1-2H3. The van der Waals surface area contributed by atoms with Crippen LogP contribution in [-0.2, 0) is 9.59 Å². The highest BCUT2D eigenvalue weighted by Gasteiger charge is 2.41. The summed E-state index contributed by atoms with van der Waals surface area (Å²) in [6, 6.07) is 0.0997. The second-order valence-electron chi connectivity index (χ2n) is 7.82. The van der Waals surface area contributed by atoms with Crippen molar-refractivity contribution in [2.75, 3.05) is 39.3 Å². The molecule has 0 aromatic carbocycles. The van der Waals surface area contributed by atoms with Crippen LogP contribution in [0.15, 0.2) is 0 Å². The first kappa shape index (κ1) is 16.7. The van der Waals surface area contributed by atoms with Crippen LogP contribution in [-0.4, -0.2) is 73.0 Å². The van der Waals surface area contributed by atoms with E-state index in [-0.39, 0.29) is 29.3 Å². The lowest BCUT2D eigenvalue weighted by Gasteiger charge is -2.45. The summed E-state index contributed by atoms with van der Waals surface area (Å²) in [6.45, 7) is 8.86. The maximum Gasteiger partial charge on any atom is 0.240 e. The summed E-state index contributed by atoms with van der Waals surface area (Å²) in [4.78, 5) is 29.1. The van der Waals surface area contributed by atoms with Crippen LogP contribution in [0.1, 0.15) is 39.5 Å². The number of amides is 2. The molecule has 2 atom stereocenters. The minimum Gasteiger partial charge on any atom is -0.339 e. The largest absolute Gasteiger partial charge is 0.339 e. The van der Waals surface area contributed by atoms with Gasteiger partial charge in [-0.05, 0) is 37.6 Å². The van der Waals surface area contributed by atoms with Crippen molar-refractivity contribution in [3.8, 4) is 0 Å². The van der Waals surface area contributed by atoms with Gasteiger partial charge in [-0.2, -0.15) is 0 Å². The third-order valence-corrected chi connectivity index (χ3v) is 5.65. The summed E-state index contributed by atoms with van der Waals surface area (Å²) < 4.78 is 0. The second-order valence-corrected chi connectivity index (χ2v) is 7.82. The monoisotopic (exact) mass is 322 g/mol. The molecule has 2 amide bonds. The molecule has 0 aromatic heterocycles. The number of likely N-dealkylation sites (tertiary alicyclic amines) is 1. The van der Waals surface area contributed by atoms with Gasteiger partial charge in [0.15, 0.2) is 0 Å². The molecule has 0 aliphatic carbocycles. The van der Waals surface area contributed by atoms with Crippen LogP contribution in [0, 0.1) is 5.41 Å². The normalized spacial score (nSPS) is 32.0. The van der Waals surface area contributed by atoms with Gasteiger partial charge in [0.05, 0.1) is 12.6 Å². The van der Waals surface area contributed by atoms with Crippen LogP contribution in [0.5, 0.6) is 0 Å². The summed E-state index contributed by atoms with van der Waals surface area (Å²) in [5.74, 6) is 0.397. The Bertz CT molecular complexity index is 466. The molecular formula is C17H30N4O2. The number of carbonyl (C=O) groups is 2. The van der Waals surface area contributed by atoms with Crippen molar-refractivity contribution in [1.29, 1.82) is 0 Å². The lowest BCUT2D eigenvalue weighted by Crippen LogP contribution is -2.61. The van der Waals surface area contributed by atoms with E-state index in [0.29, 0.717) is 13.1 Å². The first-order valence-electron chi connectivity index (χ1n) is 9.01. The van der Waals surface area contributed by atoms with Crippen LogP contribution in [0.3, 0.4) is 0 Å². The van der Waals surface area contributed by atoms with E-state index in [2.05, 4.69) is 24.5 Å². The van der Waals surface area contributed by atoms with E-state index in [9.17, 15) is 9.59 Å². The van der Waals surface area contributed by atoms with Crippen molar-refractivity contribution < 1.29 is 9.59 Å². The molecule has 3 fully saturated rings. The minimum atomic E-state index is -0.0891. The number of rotatable bonds is 2. The van der Waals surface area contributed by atoms with Crippen molar-refractivity contribution in [3.63, 3.8) is 0 Å². The SMILES string of the molecule is CC1(C)CCCNC1C(=O)N1CCCC(N2CCNCC2=O)C1. The van der Waals surface area contributed by atoms with Crippen molar-refractivity contribution in [3.05, 3.63) is 0 Å². The summed E-state index contributed by atoms with van der Waals surface area (Å²) >= 11 is 0. The quantitative estimate of drug-likeness (QED) is 0.762. The summed E-state index contributed by atoms with van der Waals surface area (Å²) in [7, 11) is 0. The van der Waals surface area contributed by atoms with E-state index >= 15 is 0 Å². The van der Waals surface area contributed by atoms with Gasteiger partial charge in [-0.3, -0.25) is 9.59 Å². The Morgan fingerprint density at radius 1 is 1.22 bits per heavy atom. The molecule has 3 rings (SSSR count). The molecule has 2 unspecified atom stereocenters. The van der Waals surface area contributed by atoms with Gasteiger partial charge in [0.1, 0.15) is 0 Å². The zero-order valence-electron chi connectivity index (χ0n) is 14.4. The Labute approximate surface area is 139 Å². The summed E-state index contributed by atoms with van der Waals surface area (Å²) in [5, 5.41) is 6.55. The van der Waals surface area contributed by atoms with Gasteiger partial charge in [0.25, 0.3) is 0 Å². The van der Waals surface area contributed by atoms with E-state index in [1.807, 2.05) is 9.80 Å². The zero-order valence-corrected chi connectivity index (χ0v) is 14.4. The molecule has 0 saturated carbocycles. The minimum absolute atomic E-state index is 0.00708. The number of hydrogen-bond acceptors (Lipinski definition) is 4. The van der Waals surface area contributed by atoms with E-state index in [1.54, 1.807) is 0 Å². The zero-order chi connectivity index (χ0) is 16.4. The van der Waals surface area contributed by atoms with Crippen LogP contribution in [0.2, 0.25) is 0 Å². The fourth-order valence-corrected chi connectivity index (χ4v) is 4.23. The molecule has 3 heterocycles. The molecule has 6 nitrogen and oxygen atoms in total. The maximum absolute atomic E-state index is 13.0. The highest BCUT2D eigenvalue weighted by Crippen LogP contribution is 2.32. The second kappa shape index (κ2) is 6.77. The Morgan fingerprint density at radius 2 is 2.04 bits per heavy atom. The van der Waals surface area contributed by atoms with Crippen molar-refractivity contribution in [2.45, 2.75) is 51.6 Å². The topological polar surface area (TPSA) is 64.7 Å². The lowest BCUT2D eigenvalue weighted by atomic mass is 9.77. The number of piperidine rings is 2. The van der Waals surface area contributed by atoms with Gasteiger partial charge < -0.3 is 20.4 Å². The Balaban J connectivity index is 1.65. The molecule has 0 radical (unpaired) electrons. The molecule has 0 aromatic rings. The van der Waals surface area contributed by atoms with Gasteiger partial charge >= 0.3 is 0 Å². The smallest absolute Gasteiger partial charge is 0.240 e. The number of nitrogens with one attached hydrogen (secondary N) is 2. The molecule has 3 aliphatic rings. The highest BCUT2D eigenvalue weighted by molar-refractivity contribution is 5.83. The number of piperazine rings is 1. The fraction of sp³-hybridized carbons (Fsp3) is 0.882. The van der Waals surface area contributed by atoms with E-state index in [1.165, 1.54) is 0 Å². The fourth-order valence-electron chi connectivity index (χ4n) is 4.23. The van der Waals surface area contributed by atoms with Gasteiger partial charge in [-0.15, -0.1) is 0 Å². The highest BCUT2D eigenvalue weighted by atomic mass is 16.2. The average molecular weight is 322 g/mol. The van der Waals surface area contributed by atoms with E-state index < -0.39 is 0 Å². The van der Waals surface area contributed by atoms with Crippen molar-refractivity contribution in [1.82, 2.24) is 20.4 Å². The van der Waals surface area contributed by atoms with Crippen molar-refractivity contribution >= 4 is 11.8 Å². The van der Waals surface area contributed by atoms with E-state index in [0.717, 1.165) is 51.9 Å². The molecule has 0 bridgehead atoms. The Morgan fingerprint density at radius 3 is 2.78 bits per heavy atom. The molecule has 2 N–H and O–H groups in total. The average Bonchev–Trinajstić information content (AvgIpc) is 2.54.